The van der Waals surface area contributed by atoms with Crippen molar-refractivity contribution in [3.05, 3.63) is 52.2 Å². The first-order valence-corrected chi connectivity index (χ1v) is 7.70. The van der Waals surface area contributed by atoms with E-state index in [4.69, 9.17) is 0 Å². The summed E-state index contributed by atoms with van der Waals surface area (Å²) in [5.74, 6) is 0.359. The molecule has 1 aliphatic rings. The predicted octanol–water partition coefficient (Wildman–Crippen LogP) is 3.19. The molecule has 0 atom stereocenters. The number of phenolic OH excluding ortho intramolecular Hbond substituents is 1. The number of carbonyl (C=O) groups excluding carboxylic acids is 1. The number of benzene rings is 1. The molecule has 1 aromatic carbocycles. The van der Waals surface area contributed by atoms with Gasteiger partial charge in [0.15, 0.2) is 0 Å². The maximum Gasteiger partial charge on any atom is 0.227 e. The van der Waals surface area contributed by atoms with E-state index in [1.165, 1.54) is 4.88 Å². The van der Waals surface area contributed by atoms with E-state index in [9.17, 15) is 9.90 Å². The summed E-state index contributed by atoms with van der Waals surface area (Å²) in [4.78, 5) is 15.7. The fraction of sp³-hybridized carbons (Fsp3) is 0.312. The Morgan fingerprint density at radius 1 is 1.30 bits per heavy atom. The molecule has 0 saturated heterocycles. The summed E-state index contributed by atoms with van der Waals surface area (Å²) in [6.07, 6.45) is 2.57. The molecule has 0 bridgehead atoms. The van der Waals surface area contributed by atoms with Gasteiger partial charge in [0.05, 0.1) is 13.0 Å². The first-order valence-electron chi connectivity index (χ1n) is 6.82. The minimum absolute atomic E-state index is 0.145. The molecule has 0 unspecified atom stereocenters. The Hall–Kier alpha value is -1.81. The van der Waals surface area contributed by atoms with Crippen LogP contribution in [0.4, 0.5) is 0 Å². The summed E-state index contributed by atoms with van der Waals surface area (Å²) >= 11 is 1.69. The third-order valence-corrected chi connectivity index (χ3v) is 4.34. The highest BCUT2D eigenvalue weighted by molar-refractivity contribution is 7.09. The molecule has 104 valence electrons. The van der Waals surface area contributed by atoms with Gasteiger partial charge in [0, 0.05) is 10.9 Å². The van der Waals surface area contributed by atoms with Crippen molar-refractivity contribution in [3.8, 4) is 5.75 Å². The van der Waals surface area contributed by atoms with Gasteiger partial charge in [0.2, 0.25) is 5.91 Å². The Morgan fingerprint density at radius 3 is 2.80 bits per heavy atom. The SMILES string of the molecule is O=C(Cc1cccc(O)c1)N(Cc1cccs1)C1CC1. The van der Waals surface area contributed by atoms with Gasteiger partial charge in [-0.05, 0) is 42.0 Å². The molecule has 0 radical (unpaired) electrons. The van der Waals surface area contributed by atoms with Gasteiger partial charge in [-0.15, -0.1) is 11.3 Å². The lowest BCUT2D eigenvalue weighted by Crippen LogP contribution is -2.33. The third-order valence-electron chi connectivity index (χ3n) is 3.48. The van der Waals surface area contributed by atoms with E-state index in [0.29, 0.717) is 19.0 Å². The van der Waals surface area contributed by atoms with Crippen LogP contribution in [0.2, 0.25) is 0 Å². The van der Waals surface area contributed by atoms with E-state index in [1.807, 2.05) is 22.4 Å². The minimum atomic E-state index is 0.145. The van der Waals surface area contributed by atoms with Crippen LogP contribution in [0.25, 0.3) is 0 Å². The van der Waals surface area contributed by atoms with Crippen LogP contribution < -0.4 is 0 Å². The topological polar surface area (TPSA) is 40.5 Å². The zero-order valence-electron chi connectivity index (χ0n) is 11.2. The van der Waals surface area contributed by atoms with Gasteiger partial charge in [-0.1, -0.05) is 18.2 Å². The molecule has 2 aromatic rings. The molecule has 1 aliphatic carbocycles. The number of rotatable bonds is 5. The minimum Gasteiger partial charge on any atom is -0.508 e. The van der Waals surface area contributed by atoms with Gasteiger partial charge >= 0.3 is 0 Å². The number of nitrogens with zero attached hydrogens (tertiary/aromatic N) is 1. The lowest BCUT2D eigenvalue weighted by molar-refractivity contribution is -0.131. The summed E-state index contributed by atoms with van der Waals surface area (Å²) in [6.45, 7) is 0.708. The monoisotopic (exact) mass is 287 g/mol. The molecule has 1 heterocycles. The summed E-state index contributed by atoms with van der Waals surface area (Å²) in [6, 6.07) is 11.4. The summed E-state index contributed by atoms with van der Waals surface area (Å²) in [7, 11) is 0. The van der Waals surface area contributed by atoms with Crippen molar-refractivity contribution in [2.45, 2.75) is 31.8 Å². The van der Waals surface area contributed by atoms with Crippen LogP contribution >= 0.6 is 11.3 Å². The van der Waals surface area contributed by atoms with Gasteiger partial charge in [-0.25, -0.2) is 0 Å². The van der Waals surface area contributed by atoms with Gasteiger partial charge in [0.25, 0.3) is 0 Å². The number of hydrogen-bond acceptors (Lipinski definition) is 3. The average Bonchev–Trinajstić information content (AvgIpc) is 3.12. The van der Waals surface area contributed by atoms with Crippen LogP contribution in [0.5, 0.6) is 5.75 Å². The standard InChI is InChI=1S/C16H17NO2S/c18-14-4-1-3-12(9-14)10-16(19)17(13-6-7-13)11-15-5-2-8-20-15/h1-5,8-9,13,18H,6-7,10-11H2. The normalized spacial score (nSPS) is 14.2. The number of aromatic hydroxyl groups is 1. The van der Waals surface area contributed by atoms with E-state index >= 15 is 0 Å². The molecule has 1 saturated carbocycles. The quantitative estimate of drug-likeness (QED) is 0.917. The summed E-state index contributed by atoms with van der Waals surface area (Å²) < 4.78 is 0. The second-order valence-corrected chi connectivity index (χ2v) is 6.21. The van der Waals surface area contributed by atoms with Gasteiger partial charge in [-0.2, -0.15) is 0 Å². The Balaban J connectivity index is 1.69. The first kappa shape index (κ1) is 13.2. The zero-order chi connectivity index (χ0) is 13.9. The van der Waals surface area contributed by atoms with Gasteiger partial charge < -0.3 is 10.0 Å². The van der Waals surface area contributed by atoms with Crippen LogP contribution in [-0.4, -0.2) is 22.0 Å². The lowest BCUT2D eigenvalue weighted by atomic mass is 10.1. The predicted molar refractivity (Wildman–Crippen MR) is 79.7 cm³/mol. The van der Waals surface area contributed by atoms with Crippen LogP contribution in [0.15, 0.2) is 41.8 Å². The molecular weight excluding hydrogens is 270 g/mol. The molecule has 3 rings (SSSR count). The van der Waals surface area contributed by atoms with E-state index < -0.39 is 0 Å². The van der Waals surface area contributed by atoms with Crippen molar-refractivity contribution in [2.24, 2.45) is 0 Å². The number of amides is 1. The van der Waals surface area contributed by atoms with E-state index in [-0.39, 0.29) is 11.7 Å². The van der Waals surface area contributed by atoms with E-state index in [0.717, 1.165) is 18.4 Å². The van der Waals surface area contributed by atoms with Crippen LogP contribution in [0, 0.1) is 0 Å². The molecule has 1 fully saturated rings. The van der Waals surface area contributed by atoms with Crippen LogP contribution in [-0.2, 0) is 17.8 Å². The van der Waals surface area contributed by atoms with E-state index in [2.05, 4.69) is 6.07 Å². The Kier molecular flexibility index (Phi) is 3.74. The third kappa shape index (κ3) is 3.20. The summed E-state index contributed by atoms with van der Waals surface area (Å²) in [5.41, 5.74) is 0.867. The largest absolute Gasteiger partial charge is 0.508 e. The van der Waals surface area contributed by atoms with Crippen LogP contribution in [0.1, 0.15) is 23.3 Å². The summed E-state index contributed by atoms with van der Waals surface area (Å²) in [5, 5.41) is 11.5. The van der Waals surface area contributed by atoms with Crippen molar-refractivity contribution in [3.63, 3.8) is 0 Å². The Labute approximate surface area is 122 Å². The highest BCUT2D eigenvalue weighted by Gasteiger charge is 2.32. The molecule has 20 heavy (non-hydrogen) atoms. The van der Waals surface area contributed by atoms with Gasteiger partial charge in [-0.3, -0.25) is 4.79 Å². The molecule has 1 amide bonds. The number of thiophene rings is 1. The Bertz CT molecular complexity index is 590. The smallest absolute Gasteiger partial charge is 0.227 e. The van der Waals surface area contributed by atoms with Crippen molar-refractivity contribution in [1.29, 1.82) is 0 Å². The van der Waals surface area contributed by atoms with Crippen molar-refractivity contribution >= 4 is 17.2 Å². The average molecular weight is 287 g/mol. The maximum absolute atomic E-state index is 12.5. The molecule has 3 nitrogen and oxygen atoms in total. The molecule has 1 N–H and O–H groups in total. The van der Waals surface area contributed by atoms with Gasteiger partial charge in [0.1, 0.15) is 5.75 Å². The van der Waals surface area contributed by atoms with Crippen molar-refractivity contribution < 1.29 is 9.90 Å². The molecule has 1 aromatic heterocycles. The maximum atomic E-state index is 12.5. The first-order chi connectivity index (χ1) is 9.72. The highest BCUT2D eigenvalue weighted by Crippen LogP contribution is 2.30. The molecular formula is C16H17NO2S. The van der Waals surface area contributed by atoms with Crippen molar-refractivity contribution in [1.82, 2.24) is 4.90 Å². The van der Waals surface area contributed by atoms with E-state index in [1.54, 1.807) is 29.5 Å². The zero-order valence-corrected chi connectivity index (χ0v) is 12.0. The number of phenols is 1. The number of carbonyl (C=O) groups is 1. The second kappa shape index (κ2) is 5.67. The second-order valence-electron chi connectivity index (χ2n) is 5.18. The number of hydrogen-bond donors (Lipinski definition) is 1. The van der Waals surface area contributed by atoms with Crippen LogP contribution in [0.3, 0.4) is 0 Å². The molecule has 0 aliphatic heterocycles. The lowest BCUT2D eigenvalue weighted by Gasteiger charge is -2.22. The molecule has 4 heteroatoms. The highest BCUT2D eigenvalue weighted by atomic mass is 32.1. The fourth-order valence-electron chi connectivity index (χ4n) is 2.32. The fourth-order valence-corrected chi connectivity index (χ4v) is 3.02. The Morgan fingerprint density at radius 2 is 2.15 bits per heavy atom. The van der Waals surface area contributed by atoms with Crippen molar-refractivity contribution in [2.75, 3.05) is 0 Å². The molecule has 0 spiro atoms.